The molecule has 0 bridgehead atoms. The van der Waals surface area contributed by atoms with Crippen LogP contribution in [0.4, 0.5) is 11.4 Å². The van der Waals surface area contributed by atoms with Crippen molar-refractivity contribution in [2.75, 3.05) is 30.3 Å². The molecule has 0 spiro atoms. The number of amides is 1. The van der Waals surface area contributed by atoms with Crippen LogP contribution >= 0.6 is 0 Å². The molecule has 1 aromatic rings. The van der Waals surface area contributed by atoms with Crippen molar-refractivity contribution in [3.8, 4) is 0 Å². The summed E-state index contributed by atoms with van der Waals surface area (Å²) in [6.07, 6.45) is 0. The lowest BCUT2D eigenvalue weighted by atomic mass is 10.1. The van der Waals surface area contributed by atoms with Gasteiger partial charge in [-0.2, -0.15) is 0 Å². The van der Waals surface area contributed by atoms with Crippen LogP contribution in [0.1, 0.15) is 24.2 Å². The second-order valence-electron chi connectivity index (χ2n) is 4.05. The lowest BCUT2D eigenvalue weighted by Crippen LogP contribution is -2.37. The molecule has 1 amide bonds. The van der Waals surface area contributed by atoms with Gasteiger partial charge in [0.1, 0.15) is 0 Å². The number of nitrogens with one attached hydrogen (secondary N) is 1. The van der Waals surface area contributed by atoms with E-state index in [2.05, 4.69) is 5.32 Å². The third kappa shape index (κ3) is 3.87. The number of rotatable bonds is 6. The van der Waals surface area contributed by atoms with Crippen molar-refractivity contribution < 1.29 is 14.7 Å². The molecule has 6 nitrogen and oxygen atoms in total. The van der Waals surface area contributed by atoms with Gasteiger partial charge in [-0.3, -0.25) is 4.79 Å². The first-order valence-corrected chi connectivity index (χ1v) is 6.14. The lowest BCUT2D eigenvalue weighted by molar-refractivity contribution is -0.119. The van der Waals surface area contributed by atoms with Crippen molar-refractivity contribution in [1.29, 1.82) is 0 Å². The van der Waals surface area contributed by atoms with Gasteiger partial charge in [0.05, 0.1) is 17.8 Å². The van der Waals surface area contributed by atoms with E-state index in [0.29, 0.717) is 24.5 Å². The summed E-state index contributed by atoms with van der Waals surface area (Å²) in [6, 6.07) is 4.56. The molecule has 19 heavy (non-hydrogen) atoms. The van der Waals surface area contributed by atoms with Crippen LogP contribution in [0.25, 0.3) is 0 Å². The van der Waals surface area contributed by atoms with Crippen LogP contribution in [0, 0.1) is 0 Å². The Hall–Kier alpha value is -2.24. The van der Waals surface area contributed by atoms with Crippen molar-refractivity contribution in [2.45, 2.75) is 13.8 Å². The highest BCUT2D eigenvalue weighted by Crippen LogP contribution is 2.23. The molecule has 4 N–H and O–H groups in total. The number of carboxylic acids is 1. The number of benzene rings is 1. The largest absolute Gasteiger partial charge is 0.478 e. The molecule has 0 radical (unpaired) electrons. The molecule has 1 rings (SSSR count). The molecular weight excluding hydrogens is 246 g/mol. The van der Waals surface area contributed by atoms with Crippen molar-refractivity contribution in [3.63, 3.8) is 0 Å². The van der Waals surface area contributed by atoms with Gasteiger partial charge in [-0.1, -0.05) is 0 Å². The fraction of sp³-hybridized carbons (Fsp3) is 0.385. The minimum Gasteiger partial charge on any atom is -0.478 e. The van der Waals surface area contributed by atoms with Crippen molar-refractivity contribution in [1.82, 2.24) is 5.32 Å². The maximum Gasteiger partial charge on any atom is 0.337 e. The number of likely N-dealkylation sites (N-methyl/N-ethyl adjacent to an activating group) is 2. The van der Waals surface area contributed by atoms with Gasteiger partial charge in [-0.15, -0.1) is 0 Å². The van der Waals surface area contributed by atoms with Crippen LogP contribution in [-0.2, 0) is 4.79 Å². The van der Waals surface area contributed by atoms with Crippen LogP contribution in [0.3, 0.4) is 0 Å². The monoisotopic (exact) mass is 265 g/mol. The molecule has 0 saturated carbocycles. The highest BCUT2D eigenvalue weighted by atomic mass is 16.4. The third-order valence-electron chi connectivity index (χ3n) is 2.68. The van der Waals surface area contributed by atoms with Gasteiger partial charge in [-0.05, 0) is 32.0 Å². The summed E-state index contributed by atoms with van der Waals surface area (Å²) in [5, 5.41) is 11.9. The fourth-order valence-corrected chi connectivity index (χ4v) is 1.78. The number of hydrogen-bond acceptors (Lipinski definition) is 4. The van der Waals surface area contributed by atoms with E-state index in [1.165, 1.54) is 12.1 Å². The quantitative estimate of drug-likeness (QED) is 0.665. The van der Waals surface area contributed by atoms with E-state index in [-0.39, 0.29) is 18.0 Å². The molecular formula is C13H19N3O3. The average molecular weight is 265 g/mol. The number of nitrogens with two attached hydrogens (primary N) is 1. The van der Waals surface area contributed by atoms with Crippen LogP contribution in [0.5, 0.6) is 0 Å². The number of carbonyl (C=O) groups is 2. The predicted molar refractivity (Wildman–Crippen MR) is 74.4 cm³/mol. The molecule has 0 fully saturated rings. The zero-order chi connectivity index (χ0) is 14.4. The third-order valence-corrected chi connectivity index (χ3v) is 2.68. The Morgan fingerprint density at radius 1 is 1.37 bits per heavy atom. The van der Waals surface area contributed by atoms with Gasteiger partial charge < -0.3 is 21.1 Å². The number of nitrogen functional groups attached to an aromatic ring is 1. The summed E-state index contributed by atoms with van der Waals surface area (Å²) >= 11 is 0. The first-order chi connectivity index (χ1) is 8.99. The normalized spacial score (nSPS) is 10.0. The Balaban J connectivity index is 3.06. The smallest absolute Gasteiger partial charge is 0.337 e. The maximum absolute atomic E-state index is 11.6. The minimum absolute atomic E-state index is 0.105. The standard InChI is InChI=1S/C13H19N3O3/c1-3-15-12(17)8-16(4-2)11-7-9(14)5-6-10(11)13(18)19/h5-7H,3-4,8,14H2,1-2H3,(H,15,17)(H,18,19). The van der Waals surface area contributed by atoms with Gasteiger partial charge >= 0.3 is 5.97 Å². The molecule has 0 unspecified atom stereocenters. The summed E-state index contributed by atoms with van der Waals surface area (Å²) in [5.41, 5.74) is 6.76. The predicted octanol–water partition coefficient (Wildman–Crippen LogP) is 0.929. The lowest BCUT2D eigenvalue weighted by Gasteiger charge is -2.24. The number of nitrogens with zero attached hydrogens (tertiary/aromatic N) is 1. The van der Waals surface area contributed by atoms with Crippen molar-refractivity contribution in [2.24, 2.45) is 0 Å². The average Bonchev–Trinajstić information content (AvgIpc) is 2.35. The van der Waals surface area contributed by atoms with Gasteiger partial charge in [0.15, 0.2) is 0 Å². The number of aromatic carboxylic acids is 1. The SMILES string of the molecule is CCNC(=O)CN(CC)c1cc(N)ccc1C(=O)O. The highest BCUT2D eigenvalue weighted by Gasteiger charge is 2.17. The second-order valence-corrected chi connectivity index (χ2v) is 4.05. The Kier molecular flexibility index (Phi) is 5.17. The molecule has 0 atom stereocenters. The Morgan fingerprint density at radius 2 is 2.05 bits per heavy atom. The first kappa shape index (κ1) is 14.8. The summed E-state index contributed by atoms with van der Waals surface area (Å²) in [5.74, 6) is -1.19. The maximum atomic E-state index is 11.6. The van der Waals surface area contributed by atoms with Crippen LogP contribution < -0.4 is 16.0 Å². The fourth-order valence-electron chi connectivity index (χ4n) is 1.78. The summed E-state index contributed by atoms with van der Waals surface area (Å²) in [4.78, 5) is 24.5. The minimum atomic E-state index is -1.04. The van der Waals surface area contributed by atoms with E-state index < -0.39 is 5.97 Å². The van der Waals surface area contributed by atoms with Crippen molar-refractivity contribution in [3.05, 3.63) is 23.8 Å². The molecule has 0 aromatic heterocycles. The molecule has 0 aliphatic rings. The van der Waals surface area contributed by atoms with E-state index in [1.807, 2.05) is 13.8 Å². The van der Waals surface area contributed by atoms with Gasteiger partial charge in [0.2, 0.25) is 5.91 Å². The number of carbonyl (C=O) groups excluding carboxylic acids is 1. The highest BCUT2D eigenvalue weighted by molar-refractivity contribution is 5.96. The Labute approximate surface area is 112 Å². The topological polar surface area (TPSA) is 95.7 Å². The Bertz CT molecular complexity index is 474. The molecule has 6 heteroatoms. The number of carboxylic acid groups (broad SMARTS) is 1. The number of hydrogen-bond donors (Lipinski definition) is 3. The van der Waals surface area contributed by atoms with E-state index >= 15 is 0 Å². The zero-order valence-corrected chi connectivity index (χ0v) is 11.1. The molecule has 1 aromatic carbocycles. The molecule has 104 valence electrons. The zero-order valence-electron chi connectivity index (χ0n) is 11.1. The van der Waals surface area contributed by atoms with Gasteiger partial charge in [-0.25, -0.2) is 4.79 Å². The van der Waals surface area contributed by atoms with Gasteiger partial charge in [0, 0.05) is 18.8 Å². The Morgan fingerprint density at radius 3 is 2.58 bits per heavy atom. The molecule has 0 aliphatic heterocycles. The van der Waals surface area contributed by atoms with Gasteiger partial charge in [0.25, 0.3) is 0 Å². The molecule has 0 heterocycles. The van der Waals surface area contributed by atoms with Crippen LogP contribution in [0.2, 0.25) is 0 Å². The summed E-state index contributed by atoms with van der Waals surface area (Å²) in [7, 11) is 0. The molecule has 0 aliphatic carbocycles. The first-order valence-electron chi connectivity index (χ1n) is 6.14. The van der Waals surface area contributed by atoms with E-state index in [4.69, 9.17) is 5.73 Å². The van der Waals surface area contributed by atoms with E-state index in [1.54, 1.807) is 11.0 Å². The van der Waals surface area contributed by atoms with Crippen LogP contribution in [0.15, 0.2) is 18.2 Å². The van der Waals surface area contributed by atoms with E-state index in [9.17, 15) is 14.7 Å². The second kappa shape index (κ2) is 6.63. The summed E-state index contributed by atoms with van der Waals surface area (Å²) < 4.78 is 0. The van der Waals surface area contributed by atoms with Crippen molar-refractivity contribution >= 4 is 23.3 Å². The van der Waals surface area contributed by atoms with Crippen LogP contribution in [-0.4, -0.2) is 36.6 Å². The van der Waals surface area contributed by atoms with E-state index in [0.717, 1.165) is 0 Å². The molecule has 0 saturated heterocycles. The number of anilines is 2. The summed E-state index contributed by atoms with van der Waals surface area (Å²) in [6.45, 7) is 4.85.